The lowest BCUT2D eigenvalue weighted by atomic mass is 10.2. The van der Waals surface area contributed by atoms with E-state index in [2.05, 4.69) is 55.3 Å². The van der Waals surface area contributed by atoms with Gasteiger partial charge in [-0.1, -0.05) is 5.16 Å². The summed E-state index contributed by atoms with van der Waals surface area (Å²) in [5, 5.41) is 11.4. The van der Waals surface area contributed by atoms with Crippen LogP contribution >= 0.6 is 45.2 Å². The molecule has 1 aromatic rings. The van der Waals surface area contributed by atoms with Crippen molar-refractivity contribution in [2.45, 2.75) is 19.4 Å². The Morgan fingerprint density at radius 3 is 2.86 bits per heavy atom. The van der Waals surface area contributed by atoms with Gasteiger partial charge < -0.3 is 15.5 Å². The summed E-state index contributed by atoms with van der Waals surface area (Å²) in [6, 6.07) is 0.147. The smallest absolute Gasteiger partial charge is 0.141 e. The van der Waals surface area contributed by atoms with E-state index in [0.29, 0.717) is 6.42 Å². The largest absolute Gasteiger partial charge is 0.409 e. The maximum atomic E-state index is 8.44. The Bertz CT molecular complexity index is 349. The van der Waals surface area contributed by atoms with E-state index in [4.69, 9.17) is 10.9 Å². The van der Waals surface area contributed by atoms with Gasteiger partial charge in [0.05, 0.1) is 6.33 Å². The van der Waals surface area contributed by atoms with Crippen molar-refractivity contribution < 1.29 is 5.21 Å². The van der Waals surface area contributed by atoms with Gasteiger partial charge in [0.15, 0.2) is 0 Å². The van der Waals surface area contributed by atoms with Gasteiger partial charge >= 0.3 is 0 Å². The van der Waals surface area contributed by atoms with E-state index in [1.807, 2.05) is 11.5 Å². The minimum Gasteiger partial charge on any atom is -0.409 e. The molecule has 5 nitrogen and oxygen atoms in total. The van der Waals surface area contributed by atoms with Gasteiger partial charge in [0.1, 0.15) is 13.2 Å². The van der Waals surface area contributed by atoms with E-state index in [0.717, 1.165) is 7.40 Å². The second-order valence-electron chi connectivity index (χ2n) is 2.88. The zero-order valence-corrected chi connectivity index (χ0v) is 11.8. The van der Waals surface area contributed by atoms with Gasteiger partial charge in [-0.3, -0.25) is 0 Å². The molecule has 1 atom stereocenters. The second kappa shape index (κ2) is 5.14. The summed E-state index contributed by atoms with van der Waals surface area (Å²) < 4.78 is 4.04. The minimum absolute atomic E-state index is 0.147. The van der Waals surface area contributed by atoms with E-state index in [9.17, 15) is 0 Å². The summed E-state index contributed by atoms with van der Waals surface area (Å²) in [5.74, 6) is 0.233. The molecule has 0 spiro atoms. The average molecular weight is 420 g/mol. The zero-order chi connectivity index (χ0) is 10.7. The van der Waals surface area contributed by atoms with E-state index in [1.165, 1.54) is 0 Å². The summed E-state index contributed by atoms with van der Waals surface area (Å²) in [4.78, 5) is 4.17. The maximum absolute atomic E-state index is 8.44. The molecule has 0 fully saturated rings. The number of halogens is 2. The van der Waals surface area contributed by atoms with Crippen LogP contribution in [-0.4, -0.2) is 20.6 Å². The molecule has 1 unspecified atom stereocenters. The molecule has 14 heavy (non-hydrogen) atoms. The van der Waals surface area contributed by atoms with E-state index in [-0.39, 0.29) is 11.9 Å². The van der Waals surface area contributed by atoms with Crippen LogP contribution in [0.25, 0.3) is 0 Å². The number of nitrogens with two attached hydrogens (primary N) is 1. The molecule has 1 heterocycles. The molecule has 1 rings (SSSR count). The Kier molecular flexibility index (Phi) is 4.41. The molecule has 0 bridgehead atoms. The molecule has 0 amide bonds. The maximum Gasteiger partial charge on any atom is 0.141 e. The van der Waals surface area contributed by atoms with Crippen molar-refractivity contribution in [2.24, 2.45) is 10.9 Å². The highest BCUT2D eigenvalue weighted by Crippen LogP contribution is 2.19. The number of imidazole rings is 1. The Morgan fingerprint density at radius 2 is 2.43 bits per heavy atom. The number of oxime groups is 1. The number of hydrogen-bond acceptors (Lipinski definition) is 3. The highest BCUT2D eigenvalue weighted by atomic mass is 127. The lowest BCUT2D eigenvalue weighted by Crippen LogP contribution is -2.18. The van der Waals surface area contributed by atoms with Crippen molar-refractivity contribution in [1.29, 1.82) is 0 Å². The summed E-state index contributed by atoms with van der Waals surface area (Å²) in [7, 11) is 0. The van der Waals surface area contributed by atoms with Crippen LogP contribution in [-0.2, 0) is 0 Å². The fourth-order valence-corrected chi connectivity index (χ4v) is 2.21. The van der Waals surface area contributed by atoms with E-state index in [1.54, 1.807) is 6.33 Å². The van der Waals surface area contributed by atoms with Crippen LogP contribution in [0.2, 0.25) is 0 Å². The minimum atomic E-state index is 0.147. The van der Waals surface area contributed by atoms with Gasteiger partial charge in [-0.05, 0) is 52.1 Å². The third kappa shape index (κ3) is 2.72. The predicted molar refractivity (Wildman–Crippen MR) is 70.4 cm³/mol. The zero-order valence-electron chi connectivity index (χ0n) is 7.48. The third-order valence-electron chi connectivity index (χ3n) is 1.80. The first-order valence-corrected chi connectivity index (χ1v) is 6.06. The molecule has 0 aromatic carbocycles. The molecule has 3 N–H and O–H groups in total. The van der Waals surface area contributed by atoms with E-state index < -0.39 is 0 Å². The first-order chi connectivity index (χ1) is 6.56. The first-order valence-electron chi connectivity index (χ1n) is 3.90. The van der Waals surface area contributed by atoms with Crippen LogP contribution in [0.3, 0.4) is 0 Å². The van der Waals surface area contributed by atoms with Crippen molar-refractivity contribution in [3.8, 4) is 0 Å². The van der Waals surface area contributed by atoms with Gasteiger partial charge in [-0.15, -0.1) is 0 Å². The van der Waals surface area contributed by atoms with Crippen LogP contribution in [0.15, 0.2) is 11.5 Å². The topological polar surface area (TPSA) is 76.4 Å². The summed E-state index contributed by atoms with van der Waals surface area (Å²) >= 11 is 4.40. The Morgan fingerprint density at radius 1 is 1.79 bits per heavy atom. The van der Waals surface area contributed by atoms with Gasteiger partial charge in [-0.2, -0.15) is 0 Å². The molecule has 0 aliphatic carbocycles. The molecular weight excluding hydrogens is 410 g/mol. The fourth-order valence-electron chi connectivity index (χ4n) is 1.07. The van der Waals surface area contributed by atoms with Crippen molar-refractivity contribution in [3.05, 3.63) is 13.7 Å². The summed E-state index contributed by atoms with van der Waals surface area (Å²) in [5.41, 5.74) is 5.43. The van der Waals surface area contributed by atoms with E-state index >= 15 is 0 Å². The SMILES string of the molecule is CC(C/C(N)=N/O)n1cnc(I)c1I. The molecule has 78 valence electrons. The van der Waals surface area contributed by atoms with Gasteiger partial charge in [-0.25, -0.2) is 4.98 Å². The lowest BCUT2D eigenvalue weighted by Gasteiger charge is -2.13. The lowest BCUT2D eigenvalue weighted by molar-refractivity contribution is 0.315. The molecule has 0 saturated heterocycles. The summed E-state index contributed by atoms with van der Waals surface area (Å²) in [6.07, 6.45) is 2.28. The average Bonchev–Trinajstić information content (AvgIpc) is 2.47. The van der Waals surface area contributed by atoms with Crippen LogP contribution in [0.1, 0.15) is 19.4 Å². The van der Waals surface area contributed by atoms with Crippen molar-refractivity contribution in [3.63, 3.8) is 0 Å². The van der Waals surface area contributed by atoms with Gasteiger partial charge in [0.25, 0.3) is 0 Å². The van der Waals surface area contributed by atoms with Gasteiger partial charge in [0, 0.05) is 12.5 Å². The van der Waals surface area contributed by atoms with Crippen LogP contribution < -0.4 is 5.73 Å². The fraction of sp³-hybridized carbons (Fsp3) is 0.429. The first kappa shape index (κ1) is 12.0. The molecular formula is C7H10I2N4O. The van der Waals surface area contributed by atoms with Gasteiger partial charge in [0.2, 0.25) is 0 Å². The number of nitrogens with zero attached hydrogens (tertiary/aromatic N) is 3. The molecule has 7 heteroatoms. The van der Waals surface area contributed by atoms with Crippen molar-refractivity contribution in [2.75, 3.05) is 0 Å². The van der Waals surface area contributed by atoms with Crippen molar-refractivity contribution in [1.82, 2.24) is 9.55 Å². The van der Waals surface area contributed by atoms with Crippen LogP contribution in [0.5, 0.6) is 0 Å². The molecule has 0 aliphatic rings. The van der Waals surface area contributed by atoms with Crippen LogP contribution in [0, 0.1) is 7.40 Å². The standard InChI is InChI=1S/C7H10I2N4O/c1-4(2-5(10)12-14)13-3-11-6(8)7(13)9/h3-4,14H,2H2,1H3,(H2,10,12). The Labute approximate surface area is 109 Å². The second-order valence-corrected chi connectivity index (χ2v) is 4.92. The number of rotatable bonds is 3. The Balaban J connectivity index is 2.79. The number of aromatic nitrogens is 2. The molecule has 0 aliphatic heterocycles. The highest BCUT2D eigenvalue weighted by Gasteiger charge is 2.12. The predicted octanol–water partition coefficient (Wildman–Crippen LogP) is 1.79. The molecule has 1 aromatic heterocycles. The van der Waals surface area contributed by atoms with Crippen molar-refractivity contribution >= 4 is 51.0 Å². The third-order valence-corrected chi connectivity index (χ3v) is 4.69. The summed E-state index contributed by atoms with van der Waals surface area (Å²) in [6.45, 7) is 2.00. The van der Waals surface area contributed by atoms with Crippen LogP contribution in [0.4, 0.5) is 0 Å². The molecule has 0 radical (unpaired) electrons. The number of amidine groups is 1. The quantitative estimate of drug-likeness (QED) is 0.258. The normalized spacial score (nSPS) is 14.4. The highest BCUT2D eigenvalue weighted by molar-refractivity contribution is 14.1. The Hall–Kier alpha value is -0.0600. The monoisotopic (exact) mass is 420 g/mol. The number of hydrogen-bond donors (Lipinski definition) is 2. The molecule has 0 saturated carbocycles.